The van der Waals surface area contributed by atoms with Crippen LogP contribution in [0.15, 0.2) is 152 Å². The molecule has 0 aromatic heterocycles. The van der Waals surface area contributed by atoms with Crippen LogP contribution in [0.25, 0.3) is 11.1 Å². The van der Waals surface area contributed by atoms with E-state index in [9.17, 15) is 0 Å². The van der Waals surface area contributed by atoms with Crippen LogP contribution in [0.4, 0.5) is 34.1 Å². The maximum absolute atomic E-state index is 2.59. The zero-order valence-electron chi connectivity index (χ0n) is 43.8. The Hall–Kier alpha value is -6.64. The average Bonchev–Trinajstić information content (AvgIpc) is 3.55. The quantitative estimate of drug-likeness (QED) is 0.121. The first kappa shape index (κ1) is 47.4. The van der Waals surface area contributed by atoms with Gasteiger partial charge in [0, 0.05) is 50.9 Å². The number of rotatable bonds is 12. The minimum atomic E-state index is -0.184. The van der Waals surface area contributed by atoms with Gasteiger partial charge in [-0.05, 0) is 208 Å². The topological polar surface area (TPSA) is 6.48 Å². The van der Waals surface area contributed by atoms with Crippen LogP contribution in [0, 0.1) is 62.3 Å². The van der Waals surface area contributed by atoms with Crippen LogP contribution in [0.3, 0.4) is 0 Å². The zero-order valence-corrected chi connectivity index (χ0v) is 43.8. The van der Waals surface area contributed by atoms with Gasteiger partial charge >= 0.3 is 0 Å². The normalized spacial score (nSPS) is 13.9. The molecule has 0 saturated heterocycles. The summed E-state index contributed by atoms with van der Waals surface area (Å²) in [6.45, 7) is 32.3. The molecule has 2 heteroatoms. The standard InChI is InChI=1S/C67H72N2/c1-15-56(58-36-49(10)64(38-47(58)8)68(52-26-17-42(3)18-27-52)53-28-19-43(4)20-29-53)59-41-63-60(35-46(59)7)57-34-25-51(40-62(57)66(63,12)13)67(14,16-2)61-37-50(11)65(39-48(61)9)69(54-30-21-44(5)22-31-54)55-32-23-45(6)24-33-55/h17-41,56H,15-16H2,1-14H3. The molecule has 0 heterocycles. The van der Waals surface area contributed by atoms with E-state index in [0.717, 1.165) is 12.8 Å². The summed E-state index contributed by atoms with van der Waals surface area (Å²) in [5.41, 5.74) is 29.7. The number of fused-ring (bicyclic) bond motifs is 3. The molecule has 9 rings (SSSR count). The first-order valence-electron chi connectivity index (χ1n) is 25.3. The summed E-state index contributed by atoms with van der Waals surface area (Å²) >= 11 is 0. The first-order valence-corrected chi connectivity index (χ1v) is 25.3. The molecule has 2 atom stereocenters. The highest BCUT2D eigenvalue weighted by molar-refractivity contribution is 5.84. The van der Waals surface area contributed by atoms with E-state index in [0.29, 0.717) is 0 Å². The van der Waals surface area contributed by atoms with Crippen molar-refractivity contribution in [3.8, 4) is 11.1 Å². The van der Waals surface area contributed by atoms with Crippen LogP contribution < -0.4 is 9.80 Å². The Morgan fingerprint density at radius 1 is 0.420 bits per heavy atom. The molecule has 8 aromatic rings. The average molecular weight is 905 g/mol. The SMILES string of the molecule is CCC(c1cc(C)c(N(c2ccc(C)cc2)c2ccc(C)cc2)cc1C)c1cc2c(cc1C)-c1ccc(C(C)(CC)c3cc(C)c(N(c4ccc(C)cc4)c4ccc(C)cc4)cc3C)cc1C2(C)C. The minimum Gasteiger partial charge on any atom is -0.310 e. The molecule has 0 radical (unpaired) electrons. The van der Waals surface area contributed by atoms with E-state index in [1.807, 2.05) is 0 Å². The number of aryl methyl sites for hydroxylation is 9. The van der Waals surface area contributed by atoms with Gasteiger partial charge in [-0.15, -0.1) is 0 Å². The Bertz CT molecular complexity index is 3090. The number of nitrogens with zero attached hydrogens (tertiary/aromatic N) is 2. The lowest BCUT2D eigenvalue weighted by molar-refractivity contribution is 0.543. The van der Waals surface area contributed by atoms with Gasteiger partial charge in [0.1, 0.15) is 0 Å². The largest absolute Gasteiger partial charge is 0.310 e. The second-order valence-electron chi connectivity index (χ2n) is 21.2. The van der Waals surface area contributed by atoms with Crippen LogP contribution in [-0.4, -0.2) is 0 Å². The predicted octanol–water partition coefficient (Wildman–Crippen LogP) is 19.0. The summed E-state index contributed by atoms with van der Waals surface area (Å²) in [5, 5.41) is 0. The third-order valence-electron chi connectivity index (χ3n) is 15.9. The molecular weight excluding hydrogens is 833 g/mol. The molecule has 0 spiro atoms. The van der Waals surface area contributed by atoms with Crippen molar-refractivity contribution in [3.63, 3.8) is 0 Å². The highest BCUT2D eigenvalue weighted by Crippen LogP contribution is 2.53. The van der Waals surface area contributed by atoms with Crippen molar-refractivity contribution in [2.75, 3.05) is 9.80 Å². The molecule has 69 heavy (non-hydrogen) atoms. The number of hydrogen-bond acceptors (Lipinski definition) is 2. The van der Waals surface area contributed by atoms with Gasteiger partial charge in [-0.3, -0.25) is 0 Å². The molecule has 0 aliphatic heterocycles. The Kier molecular flexibility index (Phi) is 12.6. The highest BCUT2D eigenvalue weighted by Gasteiger charge is 2.39. The fourth-order valence-corrected chi connectivity index (χ4v) is 11.5. The Labute approximate surface area is 414 Å². The number of anilines is 6. The Morgan fingerprint density at radius 3 is 1.28 bits per heavy atom. The van der Waals surface area contributed by atoms with Gasteiger partial charge in [-0.25, -0.2) is 0 Å². The summed E-state index contributed by atoms with van der Waals surface area (Å²) in [6, 6.07) is 58.1. The summed E-state index contributed by atoms with van der Waals surface area (Å²) in [7, 11) is 0. The van der Waals surface area contributed by atoms with E-state index in [-0.39, 0.29) is 16.7 Å². The van der Waals surface area contributed by atoms with Crippen molar-refractivity contribution in [2.24, 2.45) is 0 Å². The molecule has 2 unspecified atom stereocenters. The lowest BCUT2D eigenvalue weighted by atomic mass is 9.70. The molecular formula is C67H72N2. The van der Waals surface area contributed by atoms with Gasteiger partial charge in [0.15, 0.2) is 0 Å². The van der Waals surface area contributed by atoms with E-state index in [1.54, 1.807) is 0 Å². The second kappa shape index (κ2) is 18.4. The van der Waals surface area contributed by atoms with E-state index >= 15 is 0 Å². The van der Waals surface area contributed by atoms with Gasteiger partial charge in [0.05, 0.1) is 0 Å². The van der Waals surface area contributed by atoms with Crippen LogP contribution in [0.1, 0.15) is 137 Å². The van der Waals surface area contributed by atoms with Crippen molar-refractivity contribution < 1.29 is 0 Å². The molecule has 0 fully saturated rings. The van der Waals surface area contributed by atoms with Crippen molar-refractivity contribution in [1.29, 1.82) is 0 Å². The van der Waals surface area contributed by atoms with Crippen LogP contribution in [-0.2, 0) is 10.8 Å². The van der Waals surface area contributed by atoms with Gasteiger partial charge in [-0.1, -0.05) is 148 Å². The maximum Gasteiger partial charge on any atom is 0.0493 e. The fraction of sp³-hybridized carbons (Fsp3) is 0.284. The van der Waals surface area contributed by atoms with E-state index in [1.165, 1.54) is 129 Å². The van der Waals surface area contributed by atoms with Crippen molar-refractivity contribution in [1.82, 2.24) is 0 Å². The summed E-state index contributed by atoms with van der Waals surface area (Å²) in [5.74, 6) is 0.274. The first-order chi connectivity index (χ1) is 32.9. The van der Waals surface area contributed by atoms with Crippen LogP contribution in [0.5, 0.6) is 0 Å². The Morgan fingerprint density at radius 2 is 0.826 bits per heavy atom. The molecule has 1 aliphatic rings. The number of benzene rings is 8. The molecule has 0 saturated carbocycles. The van der Waals surface area contributed by atoms with Crippen LogP contribution in [0.2, 0.25) is 0 Å². The fourth-order valence-electron chi connectivity index (χ4n) is 11.5. The van der Waals surface area contributed by atoms with E-state index < -0.39 is 0 Å². The molecule has 350 valence electrons. The molecule has 2 nitrogen and oxygen atoms in total. The lowest BCUT2D eigenvalue weighted by Crippen LogP contribution is -2.26. The van der Waals surface area contributed by atoms with Gasteiger partial charge in [-0.2, -0.15) is 0 Å². The van der Waals surface area contributed by atoms with E-state index in [4.69, 9.17) is 0 Å². The third-order valence-corrected chi connectivity index (χ3v) is 15.9. The zero-order chi connectivity index (χ0) is 49.1. The predicted molar refractivity (Wildman–Crippen MR) is 298 cm³/mol. The van der Waals surface area contributed by atoms with Gasteiger partial charge in [0.2, 0.25) is 0 Å². The monoisotopic (exact) mass is 905 g/mol. The summed E-state index contributed by atoms with van der Waals surface area (Å²) < 4.78 is 0. The van der Waals surface area contributed by atoms with Crippen molar-refractivity contribution in [2.45, 2.75) is 127 Å². The van der Waals surface area contributed by atoms with Crippen molar-refractivity contribution in [3.05, 3.63) is 235 Å². The molecule has 0 N–H and O–H groups in total. The van der Waals surface area contributed by atoms with Crippen molar-refractivity contribution >= 4 is 34.1 Å². The smallest absolute Gasteiger partial charge is 0.0493 e. The van der Waals surface area contributed by atoms with Gasteiger partial charge in [0.25, 0.3) is 0 Å². The highest BCUT2D eigenvalue weighted by atomic mass is 15.1. The lowest BCUT2D eigenvalue weighted by Gasteiger charge is -2.35. The Balaban J connectivity index is 1.07. The van der Waals surface area contributed by atoms with E-state index in [2.05, 4.69) is 258 Å². The minimum absolute atomic E-state index is 0.162. The van der Waals surface area contributed by atoms with Crippen LogP contribution >= 0.6 is 0 Å². The molecule has 0 bridgehead atoms. The summed E-state index contributed by atoms with van der Waals surface area (Å²) in [6.07, 6.45) is 2.02. The molecule has 8 aromatic carbocycles. The maximum atomic E-state index is 2.59. The second-order valence-corrected chi connectivity index (χ2v) is 21.2. The third kappa shape index (κ3) is 8.51. The summed E-state index contributed by atoms with van der Waals surface area (Å²) in [4.78, 5) is 4.85. The molecule has 1 aliphatic carbocycles. The number of hydrogen-bond donors (Lipinski definition) is 0. The molecule has 0 amide bonds. The van der Waals surface area contributed by atoms with Gasteiger partial charge < -0.3 is 9.80 Å².